The minimum atomic E-state index is -0.404. The SMILES string of the molecule is Cc1cc(C)cc(C(C#N)Nc2ccccc2Cl)c1. The first-order chi connectivity index (χ1) is 9.10. The average Bonchev–Trinajstić information content (AvgIpc) is 2.36. The van der Waals surface area contributed by atoms with Gasteiger partial charge < -0.3 is 5.32 Å². The lowest BCUT2D eigenvalue weighted by Gasteiger charge is -2.15. The molecule has 0 saturated heterocycles. The van der Waals surface area contributed by atoms with Crippen LogP contribution in [0.5, 0.6) is 0 Å². The van der Waals surface area contributed by atoms with E-state index in [2.05, 4.69) is 17.5 Å². The minimum absolute atomic E-state index is 0.404. The van der Waals surface area contributed by atoms with E-state index in [-0.39, 0.29) is 0 Å². The number of anilines is 1. The van der Waals surface area contributed by atoms with Gasteiger partial charge in [0.25, 0.3) is 0 Å². The van der Waals surface area contributed by atoms with Crippen molar-refractivity contribution in [3.63, 3.8) is 0 Å². The fraction of sp³-hybridized carbons (Fsp3) is 0.188. The van der Waals surface area contributed by atoms with Crippen LogP contribution in [0.1, 0.15) is 22.7 Å². The van der Waals surface area contributed by atoms with E-state index >= 15 is 0 Å². The largest absolute Gasteiger partial charge is 0.365 e. The molecular formula is C16H15ClN2. The topological polar surface area (TPSA) is 35.8 Å². The zero-order valence-electron chi connectivity index (χ0n) is 10.9. The van der Waals surface area contributed by atoms with Crippen LogP contribution in [0.2, 0.25) is 5.02 Å². The molecule has 0 radical (unpaired) electrons. The van der Waals surface area contributed by atoms with E-state index in [1.807, 2.05) is 44.2 Å². The van der Waals surface area contributed by atoms with Crippen LogP contribution in [0.3, 0.4) is 0 Å². The zero-order valence-corrected chi connectivity index (χ0v) is 11.7. The summed E-state index contributed by atoms with van der Waals surface area (Å²) >= 11 is 6.10. The molecule has 0 bridgehead atoms. The van der Waals surface area contributed by atoms with Gasteiger partial charge in [-0.25, -0.2) is 0 Å². The number of aryl methyl sites for hydroxylation is 2. The van der Waals surface area contributed by atoms with E-state index in [1.54, 1.807) is 6.07 Å². The predicted octanol–water partition coefficient (Wildman–Crippen LogP) is 4.63. The summed E-state index contributed by atoms with van der Waals surface area (Å²) in [5.74, 6) is 0. The number of hydrogen-bond acceptors (Lipinski definition) is 2. The van der Waals surface area contributed by atoms with Crippen LogP contribution in [0, 0.1) is 25.2 Å². The number of halogens is 1. The van der Waals surface area contributed by atoms with Crippen molar-refractivity contribution in [3.8, 4) is 6.07 Å². The molecule has 19 heavy (non-hydrogen) atoms. The van der Waals surface area contributed by atoms with E-state index in [1.165, 1.54) is 0 Å². The lowest BCUT2D eigenvalue weighted by atomic mass is 10.0. The van der Waals surface area contributed by atoms with Gasteiger partial charge in [-0.3, -0.25) is 0 Å². The lowest BCUT2D eigenvalue weighted by Crippen LogP contribution is -2.09. The van der Waals surface area contributed by atoms with Gasteiger partial charge in [-0.2, -0.15) is 5.26 Å². The molecule has 1 N–H and O–H groups in total. The van der Waals surface area contributed by atoms with Crippen LogP contribution in [0.15, 0.2) is 42.5 Å². The fourth-order valence-electron chi connectivity index (χ4n) is 2.10. The highest BCUT2D eigenvalue weighted by Gasteiger charge is 2.12. The molecule has 2 nitrogen and oxygen atoms in total. The second kappa shape index (κ2) is 5.77. The smallest absolute Gasteiger partial charge is 0.140 e. The molecule has 1 atom stereocenters. The maximum atomic E-state index is 9.36. The molecule has 0 spiro atoms. The van der Waals surface area contributed by atoms with Gasteiger partial charge in [0.15, 0.2) is 0 Å². The molecule has 0 aromatic heterocycles. The first-order valence-electron chi connectivity index (χ1n) is 6.09. The standard InChI is InChI=1S/C16H15ClN2/c1-11-7-12(2)9-13(8-11)16(10-18)19-15-6-4-3-5-14(15)17/h3-9,16,19H,1-2H3. The molecule has 96 valence electrons. The molecular weight excluding hydrogens is 256 g/mol. The Balaban J connectivity index is 2.31. The normalized spacial score (nSPS) is 11.7. The summed E-state index contributed by atoms with van der Waals surface area (Å²) < 4.78 is 0. The highest BCUT2D eigenvalue weighted by molar-refractivity contribution is 6.33. The van der Waals surface area contributed by atoms with Crippen molar-refractivity contribution in [1.82, 2.24) is 0 Å². The van der Waals surface area contributed by atoms with Crippen LogP contribution >= 0.6 is 11.6 Å². The van der Waals surface area contributed by atoms with Crippen molar-refractivity contribution in [3.05, 3.63) is 64.2 Å². The summed E-state index contributed by atoms with van der Waals surface area (Å²) in [6.07, 6.45) is 0. The summed E-state index contributed by atoms with van der Waals surface area (Å²) in [7, 11) is 0. The van der Waals surface area contributed by atoms with Gasteiger partial charge in [-0.15, -0.1) is 0 Å². The average molecular weight is 271 g/mol. The monoisotopic (exact) mass is 270 g/mol. The van der Waals surface area contributed by atoms with Crippen molar-refractivity contribution in [2.75, 3.05) is 5.32 Å². The Morgan fingerprint density at radius 3 is 2.32 bits per heavy atom. The third-order valence-electron chi connectivity index (χ3n) is 2.88. The first-order valence-corrected chi connectivity index (χ1v) is 6.47. The number of benzene rings is 2. The summed E-state index contributed by atoms with van der Waals surface area (Å²) in [5.41, 5.74) is 4.03. The van der Waals surface area contributed by atoms with Crippen LogP contribution in [0.25, 0.3) is 0 Å². The van der Waals surface area contributed by atoms with Crippen LogP contribution in [0.4, 0.5) is 5.69 Å². The van der Waals surface area contributed by atoms with Gasteiger partial charge in [-0.1, -0.05) is 53.1 Å². The third-order valence-corrected chi connectivity index (χ3v) is 3.21. The van der Waals surface area contributed by atoms with E-state index < -0.39 is 6.04 Å². The van der Waals surface area contributed by atoms with Gasteiger partial charge in [-0.05, 0) is 31.5 Å². The van der Waals surface area contributed by atoms with Crippen molar-refractivity contribution < 1.29 is 0 Å². The molecule has 0 aliphatic heterocycles. The van der Waals surface area contributed by atoms with Crippen molar-refractivity contribution in [2.45, 2.75) is 19.9 Å². The molecule has 0 fully saturated rings. The molecule has 0 saturated carbocycles. The Morgan fingerprint density at radius 1 is 1.11 bits per heavy atom. The lowest BCUT2D eigenvalue weighted by molar-refractivity contribution is 0.990. The minimum Gasteiger partial charge on any atom is -0.365 e. The van der Waals surface area contributed by atoms with Crippen molar-refractivity contribution in [1.29, 1.82) is 5.26 Å². The number of nitrogens with zero attached hydrogens (tertiary/aromatic N) is 1. The van der Waals surface area contributed by atoms with E-state index in [0.29, 0.717) is 5.02 Å². The zero-order chi connectivity index (χ0) is 13.8. The molecule has 2 aromatic carbocycles. The fourth-order valence-corrected chi connectivity index (χ4v) is 2.29. The van der Waals surface area contributed by atoms with Crippen LogP contribution in [-0.4, -0.2) is 0 Å². The Kier molecular flexibility index (Phi) is 4.09. The van der Waals surface area contributed by atoms with Crippen LogP contribution in [-0.2, 0) is 0 Å². The van der Waals surface area contributed by atoms with Crippen LogP contribution < -0.4 is 5.32 Å². The number of para-hydroxylation sites is 1. The Morgan fingerprint density at radius 2 is 1.74 bits per heavy atom. The summed E-state index contributed by atoms with van der Waals surface area (Å²) in [4.78, 5) is 0. The quantitative estimate of drug-likeness (QED) is 0.882. The first kappa shape index (κ1) is 13.5. The van der Waals surface area contributed by atoms with E-state index in [9.17, 15) is 5.26 Å². The Labute approximate surface area is 118 Å². The molecule has 0 heterocycles. The Bertz CT molecular complexity index is 609. The summed E-state index contributed by atoms with van der Waals surface area (Å²) in [6.45, 7) is 4.06. The molecule has 0 aliphatic rings. The van der Waals surface area contributed by atoms with Gasteiger partial charge in [0.1, 0.15) is 6.04 Å². The number of nitrogens with one attached hydrogen (secondary N) is 1. The van der Waals surface area contributed by atoms with Gasteiger partial charge >= 0.3 is 0 Å². The molecule has 2 aromatic rings. The third kappa shape index (κ3) is 3.27. The van der Waals surface area contributed by atoms with E-state index in [0.717, 1.165) is 22.4 Å². The predicted molar refractivity (Wildman–Crippen MR) is 79.3 cm³/mol. The molecule has 2 rings (SSSR count). The second-order valence-corrected chi connectivity index (χ2v) is 5.01. The number of rotatable bonds is 3. The van der Waals surface area contributed by atoms with Crippen molar-refractivity contribution >= 4 is 17.3 Å². The van der Waals surface area contributed by atoms with Crippen molar-refractivity contribution in [2.24, 2.45) is 0 Å². The molecule has 1 unspecified atom stereocenters. The number of nitriles is 1. The van der Waals surface area contributed by atoms with Gasteiger partial charge in [0.05, 0.1) is 16.8 Å². The molecule has 0 amide bonds. The maximum Gasteiger partial charge on any atom is 0.140 e. The number of hydrogen-bond donors (Lipinski definition) is 1. The Hall–Kier alpha value is -1.98. The maximum absolute atomic E-state index is 9.36. The molecule has 3 heteroatoms. The van der Waals surface area contributed by atoms with Gasteiger partial charge in [0.2, 0.25) is 0 Å². The summed E-state index contributed by atoms with van der Waals surface area (Å²) in [6, 6.07) is 15.4. The van der Waals surface area contributed by atoms with Gasteiger partial charge in [0, 0.05) is 0 Å². The second-order valence-electron chi connectivity index (χ2n) is 4.61. The molecule has 0 aliphatic carbocycles. The highest BCUT2D eigenvalue weighted by atomic mass is 35.5. The van der Waals surface area contributed by atoms with E-state index in [4.69, 9.17) is 11.6 Å². The highest BCUT2D eigenvalue weighted by Crippen LogP contribution is 2.26. The summed E-state index contributed by atoms with van der Waals surface area (Å²) in [5, 5.41) is 13.2.